The Balaban J connectivity index is 3.17. The first kappa shape index (κ1) is 16.1. The first-order valence-electron chi connectivity index (χ1n) is 5.61. The standard InChI is InChI=1S/C14H15BrO5/c1-9(15)8-20-14-11(18-2)6-10(4-5-13(16)17)7-12(14)19-3/h4-7H,1,8H2,2-3H3,(H,16,17)/b5-4+. The molecule has 0 radical (unpaired) electrons. The van der Waals surface area contributed by atoms with Gasteiger partial charge in [-0.05, 0) is 23.8 Å². The number of carbonyl (C=O) groups is 1. The minimum atomic E-state index is -1.03. The van der Waals surface area contributed by atoms with Crippen LogP contribution >= 0.6 is 15.9 Å². The van der Waals surface area contributed by atoms with E-state index in [0.29, 0.717) is 27.3 Å². The van der Waals surface area contributed by atoms with Gasteiger partial charge in [-0.3, -0.25) is 0 Å². The van der Waals surface area contributed by atoms with Crippen molar-refractivity contribution in [3.63, 3.8) is 0 Å². The Kier molecular flexibility index (Phi) is 6.11. The van der Waals surface area contributed by atoms with E-state index in [2.05, 4.69) is 22.5 Å². The maximum absolute atomic E-state index is 10.5. The molecule has 5 nitrogen and oxygen atoms in total. The highest BCUT2D eigenvalue weighted by Gasteiger charge is 2.13. The quantitative estimate of drug-likeness (QED) is 0.771. The summed E-state index contributed by atoms with van der Waals surface area (Å²) in [6, 6.07) is 3.32. The third kappa shape index (κ3) is 4.62. The first-order chi connectivity index (χ1) is 9.47. The minimum Gasteiger partial charge on any atom is -0.493 e. The van der Waals surface area contributed by atoms with E-state index in [1.165, 1.54) is 20.3 Å². The molecule has 1 aromatic rings. The molecule has 1 rings (SSSR count). The van der Waals surface area contributed by atoms with Crippen molar-refractivity contribution < 1.29 is 24.1 Å². The summed E-state index contributed by atoms with van der Waals surface area (Å²) in [6.07, 6.45) is 2.48. The number of carboxylic acids is 1. The van der Waals surface area contributed by atoms with E-state index in [4.69, 9.17) is 19.3 Å². The summed E-state index contributed by atoms with van der Waals surface area (Å²) in [7, 11) is 2.99. The minimum absolute atomic E-state index is 0.261. The number of halogens is 1. The highest BCUT2D eigenvalue weighted by molar-refractivity contribution is 9.11. The molecule has 0 unspecified atom stereocenters. The lowest BCUT2D eigenvalue weighted by molar-refractivity contribution is -0.131. The van der Waals surface area contributed by atoms with Crippen LogP contribution in [-0.4, -0.2) is 31.9 Å². The predicted octanol–water partition coefficient (Wildman–Crippen LogP) is 3.09. The van der Waals surface area contributed by atoms with Gasteiger partial charge in [-0.1, -0.05) is 22.5 Å². The van der Waals surface area contributed by atoms with Gasteiger partial charge in [0.25, 0.3) is 0 Å². The monoisotopic (exact) mass is 342 g/mol. The summed E-state index contributed by atoms with van der Waals surface area (Å²) >= 11 is 3.20. The summed E-state index contributed by atoms with van der Waals surface area (Å²) in [6.45, 7) is 3.94. The summed E-state index contributed by atoms with van der Waals surface area (Å²) in [5.74, 6) is 0.299. The van der Waals surface area contributed by atoms with E-state index in [0.717, 1.165) is 6.08 Å². The molecule has 0 amide bonds. The summed E-state index contributed by atoms with van der Waals surface area (Å²) in [5.41, 5.74) is 0.631. The van der Waals surface area contributed by atoms with Crippen LogP contribution in [0.25, 0.3) is 6.08 Å². The second kappa shape index (κ2) is 7.59. The van der Waals surface area contributed by atoms with E-state index in [9.17, 15) is 4.79 Å². The number of aliphatic carboxylic acids is 1. The van der Waals surface area contributed by atoms with Gasteiger partial charge < -0.3 is 19.3 Å². The van der Waals surface area contributed by atoms with Crippen LogP contribution in [0.15, 0.2) is 29.3 Å². The molecule has 0 aliphatic rings. The van der Waals surface area contributed by atoms with Crippen LogP contribution in [0.3, 0.4) is 0 Å². The van der Waals surface area contributed by atoms with Crippen LogP contribution in [0.2, 0.25) is 0 Å². The molecule has 0 aliphatic carbocycles. The lowest BCUT2D eigenvalue weighted by Gasteiger charge is -2.15. The maximum Gasteiger partial charge on any atom is 0.328 e. The van der Waals surface area contributed by atoms with Crippen molar-refractivity contribution in [3.05, 3.63) is 34.8 Å². The van der Waals surface area contributed by atoms with Crippen molar-refractivity contribution in [1.82, 2.24) is 0 Å². The SMILES string of the molecule is C=C(Br)COc1c(OC)cc(/C=C/C(=O)O)cc1OC. The maximum atomic E-state index is 10.5. The molecular formula is C14H15BrO5. The van der Waals surface area contributed by atoms with Crippen LogP contribution in [0.1, 0.15) is 5.56 Å². The second-order valence-corrected chi connectivity index (χ2v) is 4.85. The van der Waals surface area contributed by atoms with Gasteiger partial charge in [0.15, 0.2) is 11.5 Å². The zero-order chi connectivity index (χ0) is 15.1. The molecule has 6 heteroatoms. The fourth-order valence-electron chi connectivity index (χ4n) is 1.46. The fourth-order valence-corrected chi connectivity index (χ4v) is 1.57. The van der Waals surface area contributed by atoms with E-state index >= 15 is 0 Å². The predicted molar refractivity (Wildman–Crippen MR) is 79.8 cm³/mol. The van der Waals surface area contributed by atoms with Gasteiger partial charge in [-0.2, -0.15) is 0 Å². The molecular weight excluding hydrogens is 328 g/mol. The fraction of sp³-hybridized carbons (Fsp3) is 0.214. The molecule has 0 aliphatic heterocycles. The number of ether oxygens (including phenoxy) is 3. The average molecular weight is 343 g/mol. The molecule has 108 valence electrons. The van der Waals surface area contributed by atoms with E-state index < -0.39 is 5.97 Å². The normalized spacial score (nSPS) is 10.3. The third-order valence-electron chi connectivity index (χ3n) is 2.27. The van der Waals surface area contributed by atoms with Crippen molar-refractivity contribution in [2.45, 2.75) is 0 Å². The first-order valence-corrected chi connectivity index (χ1v) is 6.40. The topological polar surface area (TPSA) is 65.0 Å². The molecule has 0 fully saturated rings. The summed E-state index contributed by atoms with van der Waals surface area (Å²) < 4.78 is 16.7. The molecule has 0 saturated carbocycles. The van der Waals surface area contributed by atoms with Crippen molar-refractivity contribution in [2.24, 2.45) is 0 Å². The van der Waals surface area contributed by atoms with Gasteiger partial charge in [0.1, 0.15) is 6.61 Å². The third-order valence-corrected chi connectivity index (χ3v) is 2.50. The summed E-state index contributed by atoms with van der Waals surface area (Å²) in [5, 5.41) is 8.64. The number of hydrogen-bond donors (Lipinski definition) is 1. The number of methoxy groups -OCH3 is 2. The Labute approximate surface area is 125 Å². The molecule has 0 aromatic heterocycles. The van der Waals surface area contributed by atoms with E-state index in [1.807, 2.05) is 0 Å². The van der Waals surface area contributed by atoms with Gasteiger partial charge in [0, 0.05) is 10.6 Å². The van der Waals surface area contributed by atoms with Gasteiger partial charge in [-0.25, -0.2) is 4.79 Å². The summed E-state index contributed by atoms with van der Waals surface area (Å²) in [4.78, 5) is 10.5. The lowest BCUT2D eigenvalue weighted by Crippen LogP contribution is -2.01. The van der Waals surface area contributed by atoms with Crippen molar-refractivity contribution in [1.29, 1.82) is 0 Å². The molecule has 0 heterocycles. The molecule has 0 atom stereocenters. The Morgan fingerprint density at radius 3 is 2.30 bits per heavy atom. The Morgan fingerprint density at radius 2 is 1.90 bits per heavy atom. The second-order valence-electron chi connectivity index (χ2n) is 3.73. The van der Waals surface area contributed by atoms with Gasteiger partial charge in [0.05, 0.1) is 14.2 Å². The smallest absolute Gasteiger partial charge is 0.328 e. The van der Waals surface area contributed by atoms with Crippen LogP contribution in [0.4, 0.5) is 0 Å². The molecule has 0 bridgehead atoms. The van der Waals surface area contributed by atoms with Crippen molar-refractivity contribution in [3.8, 4) is 17.2 Å². The van der Waals surface area contributed by atoms with E-state index in [-0.39, 0.29) is 6.61 Å². The van der Waals surface area contributed by atoms with Crippen LogP contribution in [0.5, 0.6) is 17.2 Å². The number of benzene rings is 1. The van der Waals surface area contributed by atoms with Crippen LogP contribution in [0, 0.1) is 0 Å². The Morgan fingerprint density at radius 1 is 1.35 bits per heavy atom. The number of hydrogen-bond acceptors (Lipinski definition) is 4. The largest absolute Gasteiger partial charge is 0.493 e. The zero-order valence-electron chi connectivity index (χ0n) is 11.2. The number of rotatable bonds is 7. The van der Waals surface area contributed by atoms with Crippen LogP contribution in [-0.2, 0) is 4.79 Å². The van der Waals surface area contributed by atoms with Crippen molar-refractivity contribution in [2.75, 3.05) is 20.8 Å². The molecule has 0 saturated heterocycles. The molecule has 0 spiro atoms. The average Bonchev–Trinajstić information content (AvgIpc) is 2.42. The van der Waals surface area contributed by atoms with Gasteiger partial charge in [0.2, 0.25) is 5.75 Å². The Hall–Kier alpha value is -1.95. The molecule has 1 aromatic carbocycles. The molecule has 1 N–H and O–H groups in total. The lowest BCUT2D eigenvalue weighted by atomic mass is 10.1. The van der Waals surface area contributed by atoms with Crippen molar-refractivity contribution >= 4 is 28.0 Å². The highest BCUT2D eigenvalue weighted by Crippen LogP contribution is 2.39. The zero-order valence-corrected chi connectivity index (χ0v) is 12.8. The van der Waals surface area contributed by atoms with Gasteiger partial charge >= 0.3 is 5.97 Å². The van der Waals surface area contributed by atoms with Gasteiger partial charge in [-0.15, -0.1) is 0 Å². The Bertz CT molecular complexity index is 511. The number of carboxylic acid groups (broad SMARTS) is 1. The molecule has 20 heavy (non-hydrogen) atoms. The highest BCUT2D eigenvalue weighted by atomic mass is 79.9. The van der Waals surface area contributed by atoms with Crippen LogP contribution < -0.4 is 14.2 Å². The van der Waals surface area contributed by atoms with E-state index in [1.54, 1.807) is 12.1 Å².